The summed E-state index contributed by atoms with van der Waals surface area (Å²) in [6.45, 7) is 6.14. The second kappa shape index (κ2) is 6.23. The van der Waals surface area contributed by atoms with Crippen molar-refractivity contribution in [2.24, 2.45) is 11.3 Å². The van der Waals surface area contributed by atoms with Crippen molar-refractivity contribution in [1.29, 1.82) is 0 Å². The SMILES string of the molecule is CCC(CC)/C(O)=C/C(=O)C1(C)CCCCC1. The van der Waals surface area contributed by atoms with Gasteiger partial charge in [-0.1, -0.05) is 40.0 Å². The van der Waals surface area contributed by atoms with Crippen LogP contribution in [-0.2, 0) is 4.79 Å². The average molecular weight is 238 g/mol. The molecule has 0 aliphatic heterocycles. The molecule has 0 radical (unpaired) electrons. The number of rotatable bonds is 5. The van der Waals surface area contributed by atoms with Crippen LogP contribution < -0.4 is 0 Å². The summed E-state index contributed by atoms with van der Waals surface area (Å²) in [4.78, 5) is 12.2. The van der Waals surface area contributed by atoms with Crippen LogP contribution in [0.2, 0.25) is 0 Å². The molecule has 1 N–H and O–H groups in total. The van der Waals surface area contributed by atoms with E-state index in [4.69, 9.17) is 0 Å². The number of allylic oxidation sites excluding steroid dienone is 2. The van der Waals surface area contributed by atoms with E-state index < -0.39 is 0 Å². The van der Waals surface area contributed by atoms with Gasteiger partial charge in [-0.15, -0.1) is 0 Å². The third-order valence-corrected chi connectivity index (χ3v) is 4.23. The Labute approximate surface area is 105 Å². The van der Waals surface area contributed by atoms with Gasteiger partial charge in [-0.2, -0.15) is 0 Å². The Hall–Kier alpha value is -0.790. The molecule has 0 aromatic rings. The van der Waals surface area contributed by atoms with E-state index in [-0.39, 0.29) is 22.9 Å². The van der Waals surface area contributed by atoms with Crippen LogP contribution in [0.4, 0.5) is 0 Å². The Kier molecular flexibility index (Phi) is 5.23. The third-order valence-electron chi connectivity index (χ3n) is 4.23. The quantitative estimate of drug-likeness (QED) is 0.569. The number of ketones is 1. The number of hydrogen-bond donors (Lipinski definition) is 1. The molecule has 0 amide bonds. The summed E-state index contributed by atoms with van der Waals surface area (Å²) in [5.41, 5.74) is -0.224. The number of carbonyl (C=O) groups is 1. The highest BCUT2D eigenvalue weighted by Gasteiger charge is 2.33. The van der Waals surface area contributed by atoms with E-state index in [9.17, 15) is 9.90 Å². The largest absolute Gasteiger partial charge is 0.512 e. The van der Waals surface area contributed by atoms with Crippen molar-refractivity contribution in [3.8, 4) is 0 Å². The second-order valence-corrected chi connectivity index (χ2v) is 5.57. The second-order valence-electron chi connectivity index (χ2n) is 5.57. The van der Waals surface area contributed by atoms with E-state index in [1.165, 1.54) is 12.5 Å². The lowest BCUT2D eigenvalue weighted by molar-refractivity contribution is -0.124. The Morgan fingerprint density at radius 2 is 1.76 bits per heavy atom. The molecule has 0 unspecified atom stereocenters. The van der Waals surface area contributed by atoms with Gasteiger partial charge in [-0.05, 0) is 25.7 Å². The van der Waals surface area contributed by atoms with E-state index in [2.05, 4.69) is 0 Å². The molecule has 98 valence electrons. The van der Waals surface area contributed by atoms with E-state index in [1.807, 2.05) is 20.8 Å². The first-order valence-corrected chi connectivity index (χ1v) is 6.98. The predicted molar refractivity (Wildman–Crippen MR) is 71.0 cm³/mol. The minimum atomic E-state index is -0.224. The van der Waals surface area contributed by atoms with Gasteiger partial charge in [0, 0.05) is 17.4 Å². The van der Waals surface area contributed by atoms with Crippen LogP contribution in [0.15, 0.2) is 11.8 Å². The Morgan fingerprint density at radius 3 is 2.24 bits per heavy atom. The average Bonchev–Trinajstić information content (AvgIpc) is 2.31. The Balaban J connectivity index is 2.72. The highest BCUT2D eigenvalue weighted by atomic mass is 16.3. The normalized spacial score (nSPS) is 20.6. The van der Waals surface area contributed by atoms with Crippen molar-refractivity contribution in [3.05, 3.63) is 11.8 Å². The minimum Gasteiger partial charge on any atom is -0.512 e. The molecule has 1 aliphatic rings. The van der Waals surface area contributed by atoms with Crippen LogP contribution in [-0.4, -0.2) is 10.9 Å². The summed E-state index contributed by atoms with van der Waals surface area (Å²) in [7, 11) is 0. The summed E-state index contributed by atoms with van der Waals surface area (Å²) in [6, 6.07) is 0. The van der Waals surface area contributed by atoms with Gasteiger partial charge >= 0.3 is 0 Å². The summed E-state index contributed by atoms with van der Waals surface area (Å²) in [6.07, 6.45) is 8.75. The summed E-state index contributed by atoms with van der Waals surface area (Å²) >= 11 is 0. The maximum Gasteiger partial charge on any atom is 0.164 e. The van der Waals surface area contributed by atoms with Crippen LogP contribution in [0.5, 0.6) is 0 Å². The van der Waals surface area contributed by atoms with Crippen LogP contribution in [0.1, 0.15) is 65.7 Å². The maximum atomic E-state index is 12.2. The molecule has 0 atom stereocenters. The third kappa shape index (κ3) is 3.58. The van der Waals surface area contributed by atoms with Gasteiger partial charge in [0.1, 0.15) is 0 Å². The molecule has 0 bridgehead atoms. The summed E-state index contributed by atoms with van der Waals surface area (Å²) in [5, 5.41) is 9.96. The molecule has 1 saturated carbocycles. The number of aliphatic hydroxyl groups excluding tert-OH is 1. The topological polar surface area (TPSA) is 37.3 Å². The number of aliphatic hydroxyl groups is 1. The molecule has 17 heavy (non-hydrogen) atoms. The molecule has 1 rings (SSSR count). The predicted octanol–water partition coefficient (Wildman–Crippen LogP) is 4.40. The van der Waals surface area contributed by atoms with Gasteiger partial charge in [-0.25, -0.2) is 0 Å². The molecule has 1 aliphatic carbocycles. The smallest absolute Gasteiger partial charge is 0.164 e. The van der Waals surface area contributed by atoms with Crippen molar-refractivity contribution in [3.63, 3.8) is 0 Å². The first-order chi connectivity index (χ1) is 8.03. The standard InChI is InChI=1S/C15H26O2/c1-4-12(5-2)13(16)11-14(17)15(3)9-7-6-8-10-15/h11-12,16H,4-10H2,1-3H3/b13-11-. The van der Waals surface area contributed by atoms with Crippen molar-refractivity contribution in [1.82, 2.24) is 0 Å². The molecular weight excluding hydrogens is 212 g/mol. The van der Waals surface area contributed by atoms with Crippen LogP contribution in [0.3, 0.4) is 0 Å². The van der Waals surface area contributed by atoms with Crippen molar-refractivity contribution in [2.45, 2.75) is 65.7 Å². The van der Waals surface area contributed by atoms with E-state index in [1.54, 1.807) is 0 Å². The minimum absolute atomic E-state index is 0.126. The van der Waals surface area contributed by atoms with Crippen molar-refractivity contribution in [2.75, 3.05) is 0 Å². The molecule has 1 fully saturated rings. The van der Waals surface area contributed by atoms with Gasteiger partial charge in [0.2, 0.25) is 0 Å². The fourth-order valence-corrected chi connectivity index (χ4v) is 2.71. The highest BCUT2D eigenvalue weighted by Crippen LogP contribution is 2.37. The molecule has 0 aromatic heterocycles. The summed E-state index contributed by atoms with van der Waals surface area (Å²) < 4.78 is 0. The maximum absolute atomic E-state index is 12.2. The van der Waals surface area contributed by atoms with E-state index in [0.717, 1.165) is 38.5 Å². The monoisotopic (exact) mass is 238 g/mol. The highest BCUT2D eigenvalue weighted by molar-refractivity contribution is 5.94. The molecule has 2 nitrogen and oxygen atoms in total. The van der Waals surface area contributed by atoms with Gasteiger partial charge in [0.25, 0.3) is 0 Å². The fourth-order valence-electron chi connectivity index (χ4n) is 2.71. The van der Waals surface area contributed by atoms with Gasteiger partial charge in [0.05, 0.1) is 5.76 Å². The van der Waals surface area contributed by atoms with E-state index in [0.29, 0.717) is 0 Å². The first kappa shape index (κ1) is 14.3. The summed E-state index contributed by atoms with van der Waals surface area (Å²) in [5.74, 6) is 0.555. The zero-order valence-corrected chi connectivity index (χ0v) is 11.5. The fraction of sp³-hybridized carbons (Fsp3) is 0.800. The zero-order valence-electron chi connectivity index (χ0n) is 11.5. The number of carbonyl (C=O) groups excluding carboxylic acids is 1. The lowest BCUT2D eigenvalue weighted by atomic mass is 9.72. The molecule has 0 aromatic carbocycles. The molecule has 2 heteroatoms. The van der Waals surface area contributed by atoms with Crippen LogP contribution in [0, 0.1) is 11.3 Å². The van der Waals surface area contributed by atoms with Crippen LogP contribution in [0.25, 0.3) is 0 Å². The Morgan fingerprint density at radius 1 is 1.24 bits per heavy atom. The molecule has 0 saturated heterocycles. The van der Waals surface area contributed by atoms with Crippen molar-refractivity contribution >= 4 is 5.78 Å². The molecule has 0 spiro atoms. The first-order valence-electron chi connectivity index (χ1n) is 6.98. The Bertz CT molecular complexity index is 281. The van der Waals surface area contributed by atoms with Gasteiger partial charge < -0.3 is 5.11 Å². The van der Waals surface area contributed by atoms with Gasteiger partial charge in [-0.3, -0.25) is 4.79 Å². The zero-order chi connectivity index (χ0) is 12.9. The van der Waals surface area contributed by atoms with Gasteiger partial charge in [0.15, 0.2) is 5.78 Å². The lowest BCUT2D eigenvalue weighted by Gasteiger charge is -2.31. The lowest BCUT2D eigenvalue weighted by Crippen LogP contribution is -2.29. The van der Waals surface area contributed by atoms with Crippen LogP contribution >= 0.6 is 0 Å². The molecular formula is C15H26O2. The van der Waals surface area contributed by atoms with E-state index >= 15 is 0 Å². The van der Waals surface area contributed by atoms with Crippen molar-refractivity contribution < 1.29 is 9.90 Å². The molecule has 0 heterocycles. The number of hydrogen-bond acceptors (Lipinski definition) is 2.